The number of rotatable bonds is 2. The second-order valence-corrected chi connectivity index (χ2v) is 4.80. The van der Waals surface area contributed by atoms with Crippen LogP contribution in [-0.2, 0) is 0 Å². The standard InChI is InChI=1S/C13H7BrClFO/c14-10-3-4-13(16)11(6-10)8-1-2-9(7-17)12(15)5-8/h1-7H. The van der Waals surface area contributed by atoms with Crippen molar-refractivity contribution in [2.24, 2.45) is 0 Å². The number of carbonyl (C=O) groups excluding carboxylic acids is 1. The van der Waals surface area contributed by atoms with Gasteiger partial charge >= 0.3 is 0 Å². The number of benzene rings is 2. The molecule has 0 N–H and O–H groups in total. The molecule has 0 fully saturated rings. The van der Waals surface area contributed by atoms with Crippen LogP contribution in [0.3, 0.4) is 0 Å². The summed E-state index contributed by atoms with van der Waals surface area (Å²) in [5, 5.41) is 0.317. The average Bonchev–Trinajstić information content (AvgIpc) is 2.32. The lowest BCUT2D eigenvalue weighted by Crippen LogP contribution is -1.87. The first-order valence-electron chi connectivity index (χ1n) is 4.82. The molecular formula is C13H7BrClFO. The maximum atomic E-state index is 13.6. The van der Waals surface area contributed by atoms with Gasteiger partial charge in [-0.1, -0.05) is 33.6 Å². The van der Waals surface area contributed by atoms with E-state index in [4.69, 9.17) is 11.6 Å². The van der Waals surface area contributed by atoms with E-state index in [0.717, 1.165) is 4.47 Å². The van der Waals surface area contributed by atoms with Gasteiger partial charge in [0.1, 0.15) is 5.82 Å². The summed E-state index contributed by atoms with van der Waals surface area (Å²) in [6.45, 7) is 0. The average molecular weight is 314 g/mol. The molecule has 2 aromatic carbocycles. The third-order valence-electron chi connectivity index (χ3n) is 2.37. The van der Waals surface area contributed by atoms with Gasteiger partial charge in [-0.05, 0) is 35.9 Å². The van der Waals surface area contributed by atoms with E-state index in [1.54, 1.807) is 30.3 Å². The van der Waals surface area contributed by atoms with Crippen LogP contribution in [0.15, 0.2) is 40.9 Å². The molecule has 0 aliphatic rings. The van der Waals surface area contributed by atoms with Crippen LogP contribution in [0.4, 0.5) is 4.39 Å². The van der Waals surface area contributed by atoms with Crippen molar-refractivity contribution in [1.82, 2.24) is 0 Å². The van der Waals surface area contributed by atoms with Gasteiger partial charge in [-0.15, -0.1) is 0 Å². The van der Waals surface area contributed by atoms with Crippen LogP contribution < -0.4 is 0 Å². The predicted molar refractivity (Wildman–Crippen MR) is 69.9 cm³/mol. The molecule has 17 heavy (non-hydrogen) atoms. The maximum absolute atomic E-state index is 13.6. The van der Waals surface area contributed by atoms with Crippen LogP contribution in [0.25, 0.3) is 11.1 Å². The van der Waals surface area contributed by atoms with Crippen molar-refractivity contribution < 1.29 is 9.18 Å². The van der Waals surface area contributed by atoms with E-state index in [2.05, 4.69) is 15.9 Å². The monoisotopic (exact) mass is 312 g/mol. The molecule has 0 atom stereocenters. The van der Waals surface area contributed by atoms with Crippen molar-refractivity contribution in [2.45, 2.75) is 0 Å². The number of carbonyl (C=O) groups is 1. The first-order chi connectivity index (χ1) is 8.11. The highest BCUT2D eigenvalue weighted by molar-refractivity contribution is 9.10. The van der Waals surface area contributed by atoms with E-state index in [0.29, 0.717) is 28.0 Å². The summed E-state index contributed by atoms with van der Waals surface area (Å²) in [5.74, 6) is -0.330. The van der Waals surface area contributed by atoms with E-state index in [1.807, 2.05) is 0 Å². The Bertz CT molecular complexity index is 584. The zero-order chi connectivity index (χ0) is 12.4. The molecule has 0 heterocycles. The largest absolute Gasteiger partial charge is 0.298 e. The fourth-order valence-electron chi connectivity index (χ4n) is 1.51. The fourth-order valence-corrected chi connectivity index (χ4v) is 2.10. The Morgan fingerprint density at radius 3 is 2.59 bits per heavy atom. The number of hydrogen-bond acceptors (Lipinski definition) is 1. The molecule has 0 radical (unpaired) electrons. The molecule has 0 bridgehead atoms. The van der Waals surface area contributed by atoms with Crippen molar-refractivity contribution >= 4 is 33.8 Å². The van der Waals surface area contributed by atoms with Gasteiger partial charge in [0.25, 0.3) is 0 Å². The summed E-state index contributed by atoms with van der Waals surface area (Å²) in [6.07, 6.45) is 0.670. The summed E-state index contributed by atoms with van der Waals surface area (Å²) < 4.78 is 14.4. The predicted octanol–water partition coefficient (Wildman–Crippen LogP) is 4.72. The molecule has 0 unspecified atom stereocenters. The lowest BCUT2D eigenvalue weighted by Gasteiger charge is -2.06. The molecule has 0 aromatic heterocycles. The Hall–Kier alpha value is -1.19. The van der Waals surface area contributed by atoms with Crippen molar-refractivity contribution in [3.63, 3.8) is 0 Å². The van der Waals surface area contributed by atoms with Crippen molar-refractivity contribution in [2.75, 3.05) is 0 Å². The van der Waals surface area contributed by atoms with Gasteiger partial charge in [0.05, 0.1) is 5.02 Å². The van der Waals surface area contributed by atoms with Gasteiger partial charge in [-0.2, -0.15) is 0 Å². The minimum atomic E-state index is -0.330. The van der Waals surface area contributed by atoms with Crippen molar-refractivity contribution in [3.8, 4) is 11.1 Å². The third-order valence-corrected chi connectivity index (χ3v) is 3.19. The SMILES string of the molecule is O=Cc1ccc(-c2cc(Br)ccc2F)cc1Cl. The van der Waals surface area contributed by atoms with E-state index in [-0.39, 0.29) is 5.82 Å². The van der Waals surface area contributed by atoms with E-state index < -0.39 is 0 Å². The first kappa shape index (κ1) is 12.3. The molecule has 2 aromatic rings. The van der Waals surface area contributed by atoms with Gasteiger partial charge in [0.2, 0.25) is 0 Å². The topological polar surface area (TPSA) is 17.1 Å². The Kier molecular flexibility index (Phi) is 3.60. The quantitative estimate of drug-likeness (QED) is 0.733. The first-order valence-corrected chi connectivity index (χ1v) is 5.99. The second-order valence-electron chi connectivity index (χ2n) is 3.48. The minimum Gasteiger partial charge on any atom is -0.298 e. The summed E-state index contributed by atoms with van der Waals surface area (Å²) in [6, 6.07) is 9.49. The summed E-state index contributed by atoms with van der Waals surface area (Å²) in [4.78, 5) is 10.6. The molecule has 0 aliphatic heterocycles. The lowest BCUT2D eigenvalue weighted by molar-refractivity contribution is 0.112. The molecule has 0 amide bonds. The zero-order valence-electron chi connectivity index (χ0n) is 8.58. The van der Waals surface area contributed by atoms with E-state index >= 15 is 0 Å². The zero-order valence-corrected chi connectivity index (χ0v) is 10.9. The highest BCUT2D eigenvalue weighted by Crippen LogP contribution is 2.29. The molecule has 86 valence electrons. The Balaban J connectivity index is 2.57. The van der Waals surface area contributed by atoms with Crippen LogP contribution in [0, 0.1) is 5.82 Å². The summed E-state index contributed by atoms with van der Waals surface area (Å²) >= 11 is 9.19. The Morgan fingerprint density at radius 1 is 1.18 bits per heavy atom. The summed E-state index contributed by atoms with van der Waals surface area (Å²) in [7, 11) is 0. The van der Waals surface area contributed by atoms with Gasteiger partial charge in [-0.3, -0.25) is 4.79 Å². The highest BCUT2D eigenvalue weighted by Gasteiger charge is 2.08. The van der Waals surface area contributed by atoms with Crippen molar-refractivity contribution in [1.29, 1.82) is 0 Å². The number of hydrogen-bond donors (Lipinski definition) is 0. The minimum absolute atomic E-state index is 0.317. The Labute approximate surface area is 111 Å². The molecule has 0 aliphatic carbocycles. The van der Waals surface area contributed by atoms with Gasteiger partial charge in [0.15, 0.2) is 6.29 Å². The van der Waals surface area contributed by atoms with Crippen LogP contribution in [0.5, 0.6) is 0 Å². The molecule has 1 nitrogen and oxygen atoms in total. The Morgan fingerprint density at radius 2 is 1.94 bits per heavy atom. The van der Waals surface area contributed by atoms with Crippen LogP contribution in [0.1, 0.15) is 10.4 Å². The lowest BCUT2D eigenvalue weighted by atomic mass is 10.0. The smallest absolute Gasteiger partial charge is 0.151 e. The molecule has 0 saturated heterocycles. The normalized spacial score (nSPS) is 10.3. The van der Waals surface area contributed by atoms with Crippen LogP contribution >= 0.6 is 27.5 Å². The number of halogens is 3. The van der Waals surface area contributed by atoms with Crippen molar-refractivity contribution in [3.05, 3.63) is 57.3 Å². The van der Waals surface area contributed by atoms with E-state index in [1.165, 1.54) is 6.07 Å². The van der Waals surface area contributed by atoms with Gasteiger partial charge < -0.3 is 0 Å². The van der Waals surface area contributed by atoms with Crippen LogP contribution in [-0.4, -0.2) is 6.29 Å². The van der Waals surface area contributed by atoms with Gasteiger partial charge in [0, 0.05) is 15.6 Å². The van der Waals surface area contributed by atoms with Crippen LogP contribution in [0.2, 0.25) is 5.02 Å². The second kappa shape index (κ2) is 4.98. The maximum Gasteiger partial charge on any atom is 0.151 e. The van der Waals surface area contributed by atoms with Gasteiger partial charge in [-0.25, -0.2) is 4.39 Å². The molecule has 0 spiro atoms. The molecule has 4 heteroatoms. The van der Waals surface area contributed by atoms with E-state index in [9.17, 15) is 9.18 Å². The highest BCUT2D eigenvalue weighted by atomic mass is 79.9. The fraction of sp³-hybridized carbons (Fsp3) is 0. The molecular weight excluding hydrogens is 306 g/mol. The molecule has 0 saturated carbocycles. The number of aldehydes is 1. The third kappa shape index (κ3) is 2.56. The summed E-state index contributed by atoms with van der Waals surface area (Å²) in [5.41, 5.74) is 1.48. The molecule has 2 rings (SSSR count).